The number of carboxylic acid groups (broad SMARTS) is 1. The van der Waals surface area contributed by atoms with Crippen LogP contribution in [-0.4, -0.2) is 30.3 Å². The van der Waals surface area contributed by atoms with Crippen LogP contribution in [0.1, 0.15) is 30.1 Å². The zero-order valence-corrected chi connectivity index (χ0v) is 10.6. The Labute approximate surface area is 107 Å². The normalized spacial score (nSPS) is 18.3. The molecule has 0 aliphatic carbocycles. The second-order valence-corrected chi connectivity index (χ2v) is 4.77. The first-order valence-corrected chi connectivity index (χ1v) is 6.34. The molecule has 4 heteroatoms. The fourth-order valence-corrected chi connectivity index (χ4v) is 2.31. The third-order valence-electron chi connectivity index (χ3n) is 3.50. The van der Waals surface area contributed by atoms with Gasteiger partial charge in [-0.2, -0.15) is 0 Å². The summed E-state index contributed by atoms with van der Waals surface area (Å²) in [6.07, 6.45) is 2.17. The number of benzene rings is 1. The summed E-state index contributed by atoms with van der Waals surface area (Å²) in [5, 5.41) is 12.3. The van der Waals surface area contributed by atoms with Crippen LogP contribution in [0, 0.1) is 5.92 Å². The SMILES string of the molecule is CC(Nc1ccc(C(=O)O)cc1)C1CCOCC1. The zero-order chi connectivity index (χ0) is 13.0. The molecular weight excluding hydrogens is 230 g/mol. The number of hydrogen-bond donors (Lipinski definition) is 2. The smallest absolute Gasteiger partial charge is 0.335 e. The van der Waals surface area contributed by atoms with Gasteiger partial charge < -0.3 is 15.2 Å². The van der Waals surface area contributed by atoms with Crippen LogP contribution in [0.3, 0.4) is 0 Å². The molecule has 4 nitrogen and oxygen atoms in total. The minimum atomic E-state index is -0.890. The van der Waals surface area contributed by atoms with E-state index in [0.717, 1.165) is 31.7 Å². The van der Waals surface area contributed by atoms with Gasteiger partial charge in [0.2, 0.25) is 0 Å². The van der Waals surface area contributed by atoms with Crippen molar-refractivity contribution < 1.29 is 14.6 Å². The van der Waals surface area contributed by atoms with Crippen LogP contribution in [0.25, 0.3) is 0 Å². The van der Waals surface area contributed by atoms with Crippen molar-refractivity contribution in [3.63, 3.8) is 0 Å². The molecule has 2 N–H and O–H groups in total. The molecule has 0 bridgehead atoms. The molecule has 0 spiro atoms. The minimum Gasteiger partial charge on any atom is -0.478 e. The molecule has 1 aliphatic rings. The lowest BCUT2D eigenvalue weighted by atomic mass is 9.93. The Balaban J connectivity index is 1.93. The Hall–Kier alpha value is -1.55. The average molecular weight is 249 g/mol. The maximum Gasteiger partial charge on any atom is 0.335 e. The van der Waals surface area contributed by atoms with E-state index in [1.165, 1.54) is 0 Å². The van der Waals surface area contributed by atoms with Crippen LogP contribution < -0.4 is 5.32 Å². The fourth-order valence-electron chi connectivity index (χ4n) is 2.31. The lowest BCUT2D eigenvalue weighted by Crippen LogP contribution is -2.30. The van der Waals surface area contributed by atoms with Crippen molar-refractivity contribution in [3.05, 3.63) is 29.8 Å². The number of nitrogens with one attached hydrogen (secondary N) is 1. The molecule has 0 saturated carbocycles. The Bertz CT molecular complexity index is 396. The number of ether oxygens (including phenoxy) is 1. The van der Waals surface area contributed by atoms with Gasteiger partial charge in [0.05, 0.1) is 5.56 Å². The number of anilines is 1. The second kappa shape index (κ2) is 5.87. The predicted molar refractivity (Wildman–Crippen MR) is 70.0 cm³/mol. The molecule has 1 aliphatic heterocycles. The highest BCUT2D eigenvalue weighted by atomic mass is 16.5. The van der Waals surface area contributed by atoms with E-state index in [9.17, 15) is 4.79 Å². The van der Waals surface area contributed by atoms with Crippen molar-refractivity contribution in [2.24, 2.45) is 5.92 Å². The largest absolute Gasteiger partial charge is 0.478 e. The summed E-state index contributed by atoms with van der Waals surface area (Å²) in [7, 11) is 0. The van der Waals surface area contributed by atoms with E-state index >= 15 is 0 Å². The molecule has 1 aromatic rings. The number of carboxylic acids is 1. The molecular formula is C14H19NO3. The summed E-state index contributed by atoms with van der Waals surface area (Å²) >= 11 is 0. The number of carbonyl (C=O) groups is 1. The third-order valence-corrected chi connectivity index (χ3v) is 3.50. The van der Waals surface area contributed by atoms with Crippen LogP contribution >= 0.6 is 0 Å². The van der Waals surface area contributed by atoms with Gasteiger partial charge in [-0.3, -0.25) is 0 Å². The zero-order valence-electron chi connectivity index (χ0n) is 10.6. The van der Waals surface area contributed by atoms with Crippen LogP contribution in [0.5, 0.6) is 0 Å². The molecule has 1 saturated heterocycles. The molecule has 0 amide bonds. The molecule has 0 aromatic heterocycles. The number of rotatable bonds is 4. The minimum absolute atomic E-state index is 0.319. The molecule has 1 atom stereocenters. The van der Waals surface area contributed by atoms with E-state index in [1.807, 2.05) is 12.1 Å². The topological polar surface area (TPSA) is 58.6 Å². The Morgan fingerprint density at radius 1 is 1.33 bits per heavy atom. The van der Waals surface area contributed by atoms with Crippen LogP contribution in [-0.2, 0) is 4.74 Å². The van der Waals surface area contributed by atoms with E-state index in [-0.39, 0.29) is 0 Å². The van der Waals surface area contributed by atoms with Crippen LogP contribution in [0.15, 0.2) is 24.3 Å². The number of aromatic carboxylic acids is 1. The van der Waals surface area contributed by atoms with Crippen molar-refractivity contribution in [3.8, 4) is 0 Å². The molecule has 1 fully saturated rings. The molecule has 98 valence electrons. The van der Waals surface area contributed by atoms with Gasteiger partial charge in [0.15, 0.2) is 0 Å². The summed E-state index contributed by atoms with van der Waals surface area (Å²) in [4.78, 5) is 10.7. The Morgan fingerprint density at radius 2 is 1.94 bits per heavy atom. The lowest BCUT2D eigenvalue weighted by Gasteiger charge is -2.29. The maximum atomic E-state index is 10.7. The Morgan fingerprint density at radius 3 is 2.50 bits per heavy atom. The van der Waals surface area contributed by atoms with Crippen LogP contribution in [0.4, 0.5) is 5.69 Å². The molecule has 2 rings (SSSR count). The highest BCUT2D eigenvalue weighted by Gasteiger charge is 2.20. The standard InChI is InChI=1S/C14H19NO3/c1-10(11-6-8-18-9-7-11)15-13-4-2-12(3-5-13)14(16)17/h2-5,10-11,15H,6-9H2,1H3,(H,16,17). The summed E-state index contributed by atoms with van der Waals surface area (Å²) in [6.45, 7) is 3.85. The predicted octanol–water partition coefficient (Wildman–Crippen LogP) is 2.61. The van der Waals surface area contributed by atoms with E-state index in [4.69, 9.17) is 9.84 Å². The van der Waals surface area contributed by atoms with Gasteiger partial charge in [-0.1, -0.05) is 0 Å². The summed E-state index contributed by atoms with van der Waals surface area (Å²) in [6, 6.07) is 7.27. The third kappa shape index (κ3) is 3.23. The summed E-state index contributed by atoms with van der Waals surface area (Å²) in [5.74, 6) is -0.267. The van der Waals surface area contributed by atoms with Gasteiger partial charge in [-0.25, -0.2) is 4.79 Å². The second-order valence-electron chi connectivity index (χ2n) is 4.77. The van der Waals surface area contributed by atoms with Crippen molar-refractivity contribution in [1.82, 2.24) is 0 Å². The first-order valence-electron chi connectivity index (χ1n) is 6.34. The van der Waals surface area contributed by atoms with Crippen molar-refractivity contribution in [2.75, 3.05) is 18.5 Å². The van der Waals surface area contributed by atoms with Crippen molar-refractivity contribution in [2.45, 2.75) is 25.8 Å². The summed E-state index contributed by atoms with van der Waals surface area (Å²) in [5.41, 5.74) is 1.29. The van der Waals surface area contributed by atoms with Crippen molar-refractivity contribution >= 4 is 11.7 Å². The van der Waals surface area contributed by atoms with E-state index < -0.39 is 5.97 Å². The quantitative estimate of drug-likeness (QED) is 0.861. The van der Waals surface area contributed by atoms with Gasteiger partial charge in [0, 0.05) is 24.9 Å². The Kier molecular flexibility index (Phi) is 4.20. The maximum absolute atomic E-state index is 10.7. The van der Waals surface area contributed by atoms with E-state index in [1.54, 1.807) is 12.1 Å². The van der Waals surface area contributed by atoms with Crippen LogP contribution in [0.2, 0.25) is 0 Å². The lowest BCUT2D eigenvalue weighted by molar-refractivity contribution is 0.0622. The first-order chi connectivity index (χ1) is 8.66. The number of hydrogen-bond acceptors (Lipinski definition) is 3. The van der Waals surface area contributed by atoms with E-state index in [0.29, 0.717) is 17.5 Å². The molecule has 1 unspecified atom stereocenters. The average Bonchev–Trinajstić information content (AvgIpc) is 2.40. The highest BCUT2D eigenvalue weighted by Crippen LogP contribution is 2.22. The summed E-state index contributed by atoms with van der Waals surface area (Å²) < 4.78 is 5.35. The molecule has 1 heterocycles. The van der Waals surface area contributed by atoms with Gasteiger partial charge in [-0.05, 0) is 49.9 Å². The monoisotopic (exact) mass is 249 g/mol. The highest BCUT2D eigenvalue weighted by molar-refractivity contribution is 5.87. The van der Waals surface area contributed by atoms with Crippen molar-refractivity contribution in [1.29, 1.82) is 0 Å². The first kappa shape index (κ1) is 12.9. The van der Waals surface area contributed by atoms with Gasteiger partial charge in [0.25, 0.3) is 0 Å². The fraction of sp³-hybridized carbons (Fsp3) is 0.500. The molecule has 0 radical (unpaired) electrons. The molecule has 18 heavy (non-hydrogen) atoms. The van der Waals surface area contributed by atoms with E-state index in [2.05, 4.69) is 12.2 Å². The van der Waals surface area contributed by atoms with Gasteiger partial charge in [0.1, 0.15) is 0 Å². The molecule has 1 aromatic carbocycles. The van der Waals surface area contributed by atoms with Gasteiger partial charge >= 0.3 is 5.97 Å². The van der Waals surface area contributed by atoms with Gasteiger partial charge in [-0.15, -0.1) is 0 Å².